The molecule has 0 spiro atoms. The Morgan fingerprint density at radius 3 is 2.65 bits per heavy atom. The SMILES string of the molecule is Cn1ccc(OCc2c(Br)cccc2OC(F)(F)F)n1. The van der Waals surface area contributed by atoms with E-state index in [1.165, 1.54) is 16.8 Å². The predicted octanol–water partition coefficient (Wildman–Crippen LogP) is 3.66. The van der Waals surface area contributed by atoms with Gasteiger partial charge in [-0.15, -0.1) is 18.3 Å². The fourth-order valence-electron chi connectivity index (χ4n) is 1.52. The van der Waals surface area contributed by atoms with Crippen molar-refractivity contribution in [1.82, 2.24) is 9.78 Å². The zero-order valence-electron chi connectivity index (χ0n) is 10.3. The van der Waals surface area contributed by atoms with Crippen molar-refractivity contribution in [3.63, 3.8) is 0 Å². The summed E-state index contributed by atoms with van der Waals surface area (Å²) < 4.78 is 48.3. The van der Waals surface area contributed by atoms with Gasteiger partial charge in [-0.1, -0.05) is 22.0 Å². The molecular formula is C12H10BrF3N2O2. The summed E-state index contributed by atoms with van der Waals surface area (Å²) in [4.78, 5) is 0. The van der Waals surface area contributed by atoms with E-state index < -0.39 is 6.36 Å². The second-order valence-corrected chi connectivity index (χ2v) is 4.73. The van der Waals surface area contributed by atoms with Crippen LogP contribution in [0, 0.1) is 0 Å². The van der Waals surface area contributed by atoms with Crippen LogP contribution in [0.5, 0.6) is 11.6 Å². The van der Waals surface area contributed by atoms with Gasteiger partial charge in [0.15, 0.2) is 0 Å². The van der Waals surface area contributed by atoms with Gasteiger partial charge in [-0.05, 0) is 12.1 Å². The normalized spacial score (nSPS) is 11.4. The van der Waals surface area contributed by atoms with Crippen molar-refractivity contribution in [2.24, 2.45) is 7.05 Å². The van der Waals surface area contributed by atoms with E-state index in [1.807, 2.05) is 0 Å². The summed E-state index contributed by atoms with van der Waals surface area (Å²) in [6, 6.07) is 5.91. The maximum atomic E-state index is 12.3. The first-order valence-corrected chi connectivity index (χ1v) is 6.30. The van der Waals surface area contributed by atoms with Crippen LogP contribution in [-0.2, 0) is 13.7 Å². The van der Waals surface area contributed by atoms with Crippen LogP contribution >= 0.6 is 15.9 Å². The van der Waals surface area contributed by atoms with Gasteiger partial charge in [-0.25, -0.2) is 0 Å². The van der Waals surface area contributed by atoms with Gasteiger partial charge < -0.3 is 9.47 Å². The lowest BCUT2D eigenvalue weighted by atomic mass is 10.2. The topological polar surface area (TPSA) is 36.3 Å². The molecule has 0 saturated carbocycles. The number of halogens is 4. The van der Waals surface area contributed by atoms with Gasteiger partial charge in [-0.3, -0.25) is 4.68 Å². The van der Waals surface area contributed by atoms with E-state index in [-0.39, 0.29) is 17.9 Å². The molecule has 1 heterocycles. The van der Waals surface area contributed by atoms with Crippen LogP contribution < -0.4 is 9.47 Å². The Balaban J connectivity index is 2.17. The molecule has 0 amide bonds. The molecule has 0 saturated heterocycles. The molecule has 8 heteroatoms. The first-order chi connectivity index (χ1) is 9.35. The summed E-state index contributed by atoms with van der Waals surface area (Å²) in [5.74, 6) is 0.0176. The lowest BCUT2D eigenvalue weighted by Gasteiger charge is -2.14. The second-order valence-electron chi connectivity index (χ2n) is 3.88. The van der Waals surface area contributed by atoms with Crippen LogP contribution in [0.15, 0.2) is 34.9 Å². The number of hydrogen-bond acceptors (Lipinski definition) is 3. The highest BCUT2D eigenvalue weighted by atomic mass is 79.9. The van der Waals surface area contributed by atoms with Crippen molar-refractivity contribution in [3.8, 4) is 11.6 Å². The molecule has 0 fully saturated rings. The maximum absolute atomic E-state index is 12.3. The third-order valence-electron chi connectivity index (χ3n) is 2.36. The molecule has 2 rings (SSSR count). The molecule has 1 aromatic heterocycles. The Bertz CT molecular complexity index is 599. The highest BCUT2D eigenvalue weighted by Gasteiger charge is 2.32. The molecule has 2 aromatic rings. The second kappa shape index (κ2) is 5.74. The monoisotopic (exact) mass is 350 g/mol. The molecule has 0 atom stereocenters. The zero-order chi connectivity index (χ0) is 14.8. The number of rotatable bonds is 4. The summed E-state index contributed by atoms with van der Waals surface area (Å²) in [6.07, 6.45) is -3.08. The summed E-state index contributed by atoms with van der Waals surface area (Å²) >= 11 is 3.18. The minimum absolute atomic E-state index is 0.0934. The molecule has 1 aromatic carbocycles. The van der Waals surface area contributed by atoms with Gasteiger partial charge in [0.2, 0.25) is 5.88 Å². The van der Waals surface area contributed by atoms with E-state index in [1.54, 1.807) is 25.4 Å². The first-order valence-electron chi connectivity index (χ1n) is 5.51. The average molecular weight is 351 g/mol. The molecule has 108 valence electrons. The highest BCUT2D eigenvalue weighted by Crippen LogP contribution is 2.32. The van der Waals surface area contributed by atoms with Crippen molar-refractivity contribution in [1.29, 1.82) is 0 Å². The van der Waals surface area contributed by atoms with Gasteiger partial charge >= 0.3 is 6.36 Å². The molecule has 0 bridgehead atoms. The molecule has 0 N–H and O–H groups in total. The summed E-state index contributed by atoms with van der Waals surface area (Å²) in [5.41, 5.74) is 0.260. The smallest absolute Gasteiger partial charge is 0.472 e. The van der Waals surface area contributed by atoms with Crippen LogP contribution in [0.1, 0.15) is 5.56 Å². The average Bonchev–Trinajstić information content (AvgIpc) is 2.72. The van der Waals surface area contributed by atoms with Gasteiger partial charge in [0.1, 0.15) is 12.4 Å². The fourth-order valence-corrected chi connectivity index (χ4v) is 1.98. The van der Waals surface area contributed by atoms with Crippen LogP contribution in [-0.4, -0.2) is 16.1 Å². The highest BCUT2D eigenvalue weighted by molar-refractivity contribution is 9.10. The van der Waals surface area contributed by atoms with Crippen molar-refractivity contribution >= 4 is 15.9 Å². The molecule has 0 aliphatic heterocycles. The van der Waals surface area contributed by atoms with Crippen LogP contribution in [0.25, 0.3) is 0 Å². The van der Waals surface area contributed by atoms with Gasteiger partial charge in [0, 0.05) is 29.3 Å². The largest absolute Gasteiger partial charge is 0.573 e. The lowest BCUT2D eigenvalue weighted by Crippen LogP contribution is -2.18. The number of alkyl halides is 3. The van der Waals surface area contributed by atoms with Crippen molar-refractivity contribution in [2.75, 3.05) is 0 Å². The minimum Gasteiger partial charge on any atom is -0.472 e. The molecule has 0 unspecified atom stereocenters. The number of aromatic nitrogens is 2. The third-order valence-corrected chi connectivity index (χ3v) is 3.10. The summed E-state index contributed by atoms with van der Waals surface area (Å²) in [6.45, 7) is -0.0934. The van der Waals surface area contributed by atoms with E-state index in [9.17, 15) is 13.2 Å². The summed E-state index contributed by atoms with van der Waals surface area (Å²) in [7, 11) is 1.71. The predicted molar refractivity (Wildman–Crippen MR) is 68.4 cm³/mol. The quantitative estimate of drug-likeness (QED) is 0.844. The van der Waals surface area contributed by atoms with E-state index in [0.717, 1.165) is 0 Å². The molecule has 20 heavy (non-hydrogen) atoms. The Morgan fingerprint density at radius 2 is 2.05 bits per heavy atom. The number of aryl methyl sites for hydroxylation is 1. The van der Waals surface area contributed by atoms with Gasteiger partial charge in [0.25, 0.3) is 0 Å². The van der Waals surface area contributed by atoms with Crippen LogP contribution in [0.4, 0.5) is 13.2 Å². The molecule has 4 nitrogen and oxygen atoms in total. The van der Waals surface area contributed by atoms with Crippen molar-refractivity contribution in [2.45, 2.75) is 13.0 Å². The molecule has 0 aliphatic carbocycles. The molecule has 0 radical (unpaired) electrons. The molecular weight excluding hydrogens is 341 g/mol. The summed E-state index contributed by atoms with van der Waals surface area (Å²) in [5, 5.41) is 3.98. The lowest BCUT2D eigenvalue weighted by molar-refractivity contribution is -0.275. The van der Waals surface area contributed by atoms with Crippen molar-refractivity contribution in [3.05, 3.63) is 40.5 Å². The van der Waals surface area contributed by atoms with Gasteiger partial charge in [-0.2, -0.15) is 0 Å². The molecule has 0 aliphatic rings. The number of hydrogen-bond donors (Lipinski definition) is 0. The standard InChI is InChI=1S/C12H10BrF3N2O2/c1-18-6-5-11(17-18)19-7-8-9(13)3-2-4-10(8)20-12(14,15)16/h2-6H,7H2,1H3. The van der Waals surface area contributed by atoms with Crippen LogP contribution in [0.2, 0.25) is 0 Å². The van der Waals surface area contributed by atoms with E-state index in [4.69, 9.17) is 4.74 Å². The maximum Gasteiger partial charge on any atom is 0.573 e. The van der Waals surface area contributed by atoms with E-state index in [2.05, 4.69) is 25.8 Å². The van der Waals surface area contributed by atoms with Gasteiger partial charge in [0.05, 0.1) is 0 Å². The zero-order valence-corrected chi connectivity index (χ0v) is 11.9. The number of nitrogens with zero attached hydrogens (tertiary/aromatic N) is 2. The Labute approximate surface area is 121 Å². The minimum atomic E-state index is -4.75. The van der Waals surface area contributed by atoms with E-state index in [0.29, 0.717) is 10.4 Å². The van der Waals surface area contributed by atoms with E-state index >= 15 is 0 Å². The Hall–Kier alpha value is -1.70. The Morgan fingerprint density at radius 1 is 1.30 bits per heavy atom. The number of ether oxygens (including phenoxy) is 2. The van der Waals surface area contributed by atoms with Crippen molar-refractivity contribution < 1.29 is 22.6 Å². The Kier molecular flexibility index (Phi) is 4.22. The first kappa shape index (κ1) is 14.7. The van der Waals surface area contributed by atoms with Crippen LogP contribution in [0.3, 0.4) is 0 Å². The third kappa shape index (κ3) is 3.89. The number of benzene rings is 1. The fraction of sp³-hybridized carbons (Fsp3) is 0.250.